The van der Waals surface area contributed by atoms with Crippen LogP contribution < -0.4 is 11.1 Å². The summed E-state index contributed by atoms with van der Waals surface area (Å²) in [5.41, 5.74) is 7.55. The molecule has 5 heteroatoms. The van der Waals surface area contributed by atoms with Crippen molar-refractivity contribution in [2.75, 3.05) is 0 Å². The number of hydrogen-bond acceptors (Lipinski definition) is 4. The van der Waals surface area contributed by atoms with Crippen LogP contribution in [-0.2, 0) is 11.3 Å². The van der Waals surface area contributed by atoms with E-state index in [9.17, 15) is 4.79 Å². The van der Waals surface area contributed by atoms with Crippen molar-refractivity contribution in [3.8, 4) is 0 Å². The molecule has 3 N–H and O–H groups in total. The molecular weight excluding hydrogens is 240 g/mol. The van der Waals surface area contributed by atoms with Crippen LogP contribution in [0.2, 0.25) is 0 Å². The second-order valence-electron chi connectivity index (χ2n) is 3.30. The van der Waals surface area contributed by atoms with Crippen LogP contribution in [0.25, 0.3) is 6.08 Å². The van der Waals surface area contributed by atoms with Crippen molar-refractivity contribution in [1.82, 2.24) is 5.32 Å². The van der Waals surface area contributed by atoms with E-state index in [0.717, 1.165) is 11.1 Å². The standard InChI is InChI=1S/C11H10N2OS2/c12-6-8-3-1-7(2-4-8)5-9-10(14)13-11(15)16-9/h1-5H,6,12H2,(H,13,14,15). The van der Waals surface area contributed by atoms with Gasteiger partial charge in [0, 0.05) is 6.54 Å². The van der Waals surface area contributed by atoms with E-state index in [1.54, 1.807) is 0 Å². The third kappa shape index (κ3) is 2.49. The van der Waals surface area contributed by atoms with Crippen LogP contribution in [0.15, 0.2) is 29.2 Å². The molecular formula is C11H10N2OS2. The van der Waals surface area contributed by atoms with E-state index in [1.165, 1.54) is 11.8 Å². The number of carbonyl (C=O) groups is 1. The number of carbonyl (C=O) groups excluding carboxylic acids is 1. The van der Waals surface area contributed by atoms with Gasteiger partial charge in [-0.3, -0.25) is 4.79 Å². The first-order chi connectivity index (χ1) is 7.69. The second-order valence-corrected chi connectivity index (χ2v) is 5.02. The molecule has 1 saturated heterocycles. The van der Waals surface area contributed by atoms with E-state index < -0.39 is 0 Å². The molecule has 0 bridgehead atoms. The smallest absolute Gasteiger partial charge is 0.263 e. The van der Waals surface area contributed by atoms with Crippen molar-refractivity contribution in [3.63, 3.8) is 0 Å². The SMILES string of the molecule is NCc1ccc(C=C2SC(=S)NC2=O)cc1. The molecule has 0 aromatic heterocycles. The molecule has 1 aromatic rings. The number of hydrogen-bond donors (Lipinski definition) is 2. The van der Waals surface area contributed by atoms with Crippen molar-refractivity contribution in [2.45, 2.75) is 6.54 Å². The average molecular weight is 250 g/mol. The lowest BCUT2D eigenvalue weighted by Crippen LogP contribution is -2.17. The van der Waals surface area contributed by atoms with Crippen LogP contribution >= 0.6 is 24.0 Å². The van der Waals surface area contributed by atoms with Crippen molar-refractivity contribution in [3.05, 3.63) is 40.3 Å². The highest BCUT2D eigenvalue weighted by Gasteiger charge is 2.21. The minimum Gasteiger partial charge on any atom is -0.326 e. The third-order valence-electron chi connectivity index (χ3n) is 2.16. The predicted molar refractivity (Wildman–Crippen MR) is 70.6 cm³/mol. The molecule has 1 amide bonds. The fraction of sp³-hybridized carbons (Fsp3) is 0.0909. The zero-order chi connectivity index (χ0) is 11.5. The van der Waals surface area contributed by atoms with Gasteiger partial charge in [0.2, 0.25) is 0 Å². The quantitative estimate of drug-likeness (QED) is 0.619. The Morgan fingerprint density at radius 1 is 1.38 bits per heavy atom. The summed E-state index contributed by atoms with van der Waals surface area (Å²) in [6.07, 6.45) is 1.82. The van der Waals surface area contributed by atoms with E-state index in [4.69, 9.17) is 18.0 Å². The molecule has 1 aliphatic heterocycles. The largest absolute Gasteiger partial charge is 0.326 e. The lowest BCUT2D eigenvalue weighted by molar-refractivity contribution is -0.115. The molecule has 0 saturated carbocycles. The normalized spacial score (nSPS) is 17.9. The van der Waals surface area contributed by atoms with Gasteiger partial charge >= 0.3 is 0 Å². The average Bonchev–Trinajstić information content (AvgIpc) is 2.59. The molecule has 0 atom stereocenters. The summed E-state index contributed by atoms with van der Waals surface area (Å²) in [6, 6.07) is 7.76. The van der Waals surface area contributed by atoms with E-state index in [-0.39, 0.29) is 5.91 Å². The lowest BCUT2D eigenvalue weighted by atomic mass is 10.1. The van der Waals surface area contributed by atoms with E-state index in [1.807, 2.05) is 30.3 Å². The number of thioether (sulfide) groups is 1. The van der Waals surface area contributed by atoms with Crippen LogP contribution in [0.3, 0.4) is 0 Å². The van der Waals surface area contributed by atoms with Crippen LogP contribution in [0, 0.1) is 0 Å². The minimum atomic E-state index is -0.127. The molecule has 82 valence electrons. The Morgan fingerprint density at radius 2 is 2.06 bits per heavy atom. The van der Waals surface area contributed by atoms with Gasteiger partial charge in [-0.15, -0.1) is 0 Å². The van der Waals surface area contributed by atoms with Gasteiger partial charge in [0.1, 0.15) is 4.32 Å². The molecule has 3 nitrogen and oxygen atoms in total. The Balaban J connectivity index is 2.22. The highest BCUT2D eigenvalue weighted by molar-refractivity contribution is 8.26. The van der Waals surface area contributed by atoms with Gasteiger partial charge < -0.3 is 11.1 Å². The van der Waals surface area contributed by atoms with Gasteiger partial charge in [-0.1, -0.05) is 48.2 Å². The number of thiocarbonyl (C=S) groups is 1. The lowest BCUT2D eigenvalue weighted by Gasteiger charge is -1.98. The minimum absolute atomic E-state index is 0.127. The summed E-state index contributed by atoms with van der Waals surface area (Å²) < 4.78 is 0.509. The van der Waals surface area contributed by atoms with Crippen molar-refractivity contribution in [2.24, 2.45) is 5.73 Å². The molecule has 0 spiro atoms. The van der Waals surface area contributed by atoms with Crippen LogP contribution in [0.1, 0.15) is 11.1 Å². The monoisotopic (exact) mass is 250 g/mol. The molecule has 1 heterocycles. The maximum Gasteiger partial charge on any atom is 0.263 e. The molecule has 0 unspecified atom stereocenters. The first kappa shape index (κ1) is 11.3. The molecule has 1 aliphatic rings. The summed E-state index contributed by atoms with van der Waals surface area (Å²) in [5.74, 6) is -0.127. The zero-order valence-electron chi connectivity index (χ0n) is 8.40. The summed E-state index contributed by atoms with van der Waals surface area (Å²) in [7, 11) is 0. The number of rotatable bonds is 2. The topological polar surface area (TPSA) is 55.1 Å². The van der Waals surface area contributed by atoms with Crippen LogP contribution in [0.5, 0.6) is 0 Å². The number of nitrogens with two attached hydrogens (primary N) is 1. The number of amides is 1. The Labute approximate surface area is 103 Å². The predicted octanol–water partition coefficient (Wildman–Crippen LogP) is 1.63. The van der Waals surface area contributed by atoms with E-state index in [0.29, 0.717) is 15.8 Å². The first-order valence-electron chi connectivity index (χ1n) is 4.73. The molecule has 0 radical (unpaired) electrons. The first-order valence-corrected chi connectivity index (χ1v) is 5.95. The molecule has 1 fully saturated rings. The van der Waals surface area contributed by atoms with Crippen LogP contribution in [0.4, 0.5) is 0 Å². The number of nitrogens with one attached hydrogen (secondary N) is 1. The number of benzene rings is 1. The summed E-state index contributed by atoms with van der Waals surface area (Å²) >= 11 is 6.19. The zero-order valence-corrected chi connectivity index (χ0v) is 10.0. The second kappa shape index (κ2) is 4.78. The van der Waals surface area contributed by atoms with Gasteiger partial charge in [-0.05, 0) is 17.2 Å². The summed E-state index contributed by atoms with van der Waals surface area (Å²) in [4.78, 5) is 12.0. The maximum absolute atomic E-state index is 11.4. The van der Waals surface area contributed by atoms with Gasteiger partial charge in [0.25, 0.3) is 5.91 Å². The van der Waals surface area contributed by atoms with E-state index >= 15 is 0 Å². The van der Waals surface area contributed by atoms with E-state index in [2.05, 4.69) is 5.32 Å². The van der Waals surface area contributed by atoms with Gasteiger partial charge in [0.15, 0.2) is 0 Å². The molecule has 16 heavy (non-hydrogen) atoms. The Morgan fingerprint density at radius 3 is 2.56 bits per heavy atom. The van der Waals surface area contributed by atoms with Crippen molar-refractivity contribution >= 4 is 40.3 Å². The molecule has 2 rings (SSSR count). The fourth-order valence-corrected chi connectivity index (χ4v) is 2.37. The Bertz CT molecular complexity index is 465. The highest BCUT2D eigenvalue weighted by Crippen LogP contribution is 2.25. The maximum atomic E-state index is 11.4. The molecule has 0 aliphatic carbocycles. The van der Waals surface area contributed by atoms with Gasteiger partial charge in [0.05, 0.1) is 4.91 Å². The Kier molecular flexibility index (Phi) is 3.38. The van der Waals surface area contributed by atoms with Crippen LogP contribution in [-0.4, -0.2) is 10.2 Å². The summed E-state index contributed by atoms with van der Waals surface area (Å²) in [5, 5.41) is 2.58. The van der Waals surface area contributed by atoms with Gasteiger partial charge in [-0.2, -0.15) is 0 Å². The third-order valence-corrected chi connectivity index (χ3v) is 3.32. The fourth-order valence-electron chi connectivity index (χ4n) is 1.32. The van der Waals surface area contributed by atoms with Crippen molar-refractivity contribution < 1.29 is 4.79 Å². The summed E-state index contributed by atoms with van der Waals surface area (Å²) in [6.45, 7) is 0.524. The molecule has 1 aromatic carbocycles. The van der Waals surface area contributed by atoms with Gasteiger partial charge in [-0.25, -0.2) is 0 Å². The van der Waals surface area contributed by atoms with Crippen molar-refractivity contribution in [1.29, 1.82) is 0 Å². The highest BCUT2D eigenvalue weighted by atomic mass is 32.2. The Hall–Kier alpha value is -1.17.